The van der Waals surface area contributed by atoms with E-state index >= 15 is 0 Å². The topological polar surface area (TPSA) is 63.4 Å². The first-order valence-corrected chi connectivity index (χ1v) is 5.25. The molecule has 0 amide bonds. The van der Waals surface area contributed by atoms with Gasteiger partial charge in [-0.3, -0.25) is 4.31 Å². The Morgan fingerprint density at radius 3 is 2.08 bits per heavy atom. The number of aryl methyl sites for hydroxylation is 1. The van der Waals surface area contributed by atoms with Crippen LogP contribution in [-0.4, -0.2) is 15.5 Å². The third-order valence-corrected chi connectivity index (χ3v) is 2.75. The van der Waals surface area contributed by atoms with Crippen LogP contribution in [0.3, 0.4) is 0 Å². The zero-order chi connectivity index (χ0) is 10.1. The second-order valence-electron chi connectivity index (χ2n) is 2.85. The molecule has 5 heteroatoms. The van der Waals surface area contributed by atoms with Gasteiger partial charge in [-0.05, 0) is 19.1 Å². The van der Waals surface area contributed by atoms with Gasteiger partial charge in [0.2, 0.25) is 0 Å². The molecule has 0 atom stereocenters. The molecule has 13 heavy (non-hydrogen) atoms. The fourth-order valence-corrected chi connectivity index (χ4v) is 1.32. The quantitative estimate of drug-likeness (QED) is 0.761. The molecule has 0 aliphatic carbocycles. The second kappa shape index (κ2) is 3.35. The lowest BCUT2D eigenvalue weighted by Gasteiger charge is -2.15. The summed E-state index contributed by atoms with van der Waals surface area (Å²) in [5, 5.41) is 4.95. The molecule has 0 heterocycles. The molecule has 4 nitrogen and oxygen atoms in total. The normalized spacial score (nSPS) is 11.3. The van der Waals surface area contributed by atoms with Gasteiger partial charge >= 0.3 is 0 Å². The van der Waals surface area contributed by atoms with Crippen LogP contribution in [0.1, 0.15) is 5.56 Å². The first-order valence-electron chi connectivity index (χ1n) is 3.74. The van der Waals surface area contributed by atoms with Gasteiger partial charge in [-0.25, -0.2) is 5.14 Å². The van der Waals surface area contributed by atoms with E-state index in [1.54, 1.807) is 12.1 Å². The minimum atomic E-state index is -3.64. The van der Waals surface area contributed by atoms with Crippen molar-refractivity contribution in [2.45, 2.75) is 6.92 Å². The number of rotatable bonds is 2. The second-order valence-corrected chi connectivity index (χ2v) is 4.43. The van der Waals surface area contributed by atoms with Crippen molar-refractivity contribution >= 4 is 15.9 Å². The molecule has 1 aromatic carbocycles. The summed E-state index contributed by atoms with van der Waals surface area (Å²) in [5.74, 6) is 0. The SMILES string of the molecule is Cc1ccc(N(C)S(N)(=O)=O)cc1. The summed E-state index contributed by atoms with van der Waals surface area (Å²) >= 11 is 0. The average molecular weight is 200 g/mol. The first-order chi connectivity index (χ1) is 5.91. The number of benzene rings is 1. The predicted molar refractivity (Wildman–Crippen MR) is 52.7 cm³/mol. The Morgan fingerprint density at radius 2 is 1.69 bits per heavy atom. The molecule has 1 rings (SSSR count). The van der Waals surface area contributed by atoms with Gasteiger partial charge in [-0.15, -0.1) is 0 Å². The Morgan fingerprint density at radius 1 is 1.23 bits per heavy atom. The fraction of sp³-hybridized carbons (Fsp3) is 0.250. The van der Waals surface area contributed by atoms with Crippen LogP contribution in [0.2, 0.25) is 0 Å². The third kappa shape index (κ3) is 2.43. The minimum Gasteiger partial charge on any atom is -0.261 e. The lowest BCUT2D eigenvalue weighted by molar-refractivity contribution is 0.596. The maximum atomic E-state index is 10.9. The Hall–Kier alpha value is -1.07. The molecule has 0 spiro atoms. The van der Waals surface area contributed by atoms with Crippen LogP contribution in [0.4, 0.5) is 5.69 Å². The van der Waals surface area contributed by atoms with Crippen LogP contribution < -0.4 is 9.44 Å². The van der Waals surface area contributed by atoms with Gasteiger partial charge in [0.05, 0.1) is 5.69 Å². The maximum absolute atomic E-state index is 10.9. The molecule has 2 N–H and O–H groups in total. The summed E-state index contributed by atoms with van der Waals surface area (Å²) in [6.45, 7) is 1.93. The van der Waals surface area contributed by atoms with E-state index in [1.807, 2.05) is 19.1 Å². The fourth-order valence-electron chi connectivity index (χ4n) is 0.902. The van der Waals surface area contributed by atoms with Crippen LogP contribution in [0.5, 0.6) is 0 Å². The monoisotopic (exact) mass is 200 g/mol. The summed E-state index contributed by atoms with van der Waals surface area (Å²) in [4.78, 5) is 0. The highest BCUT2D eigenvalue weighted by atomic mass is 32.2. The number of hydrogen-bond acceptors (Lipinski definition) is 2. The molecule has 0 radical (unpaired) electrons. The van der Waals surface area contributed by atoms with E-state index in [0.29, 0.717) is 5.69 Å². The van der Waals surface area contributed by atoms with Crippen LogP contribution in [0.25, 0.3) is 0 Å². The minimum absolute atomic E-state index is 0.563. The van der Waals surface area contributed by atoms with Crippen LogP contribution in [0, 0.1) is 6.92 Å². The molecule has 0 bridgehead atoms. The van der Waals surface area contributed by atoms with Crippen molar-refractivity contribution in [3.8, 4) is 0 Å². The Balaban J connectivity index is 3.04. The van der Waals surface area contributed by atoms with Crippen molar-refractivity contribution in [3.63, 3.8) is 0 Å². The smallest absolute Gasteiger partial charge is 0.261 e. The molecule has 0 aromatic heterocycles. The molecule has 0 fully saturated rings. The van der Waals surface area contributed by atoms with Gasteiger partial charge in [0.1, 0.15) is 0 Å². The van der Waals surface area contributed by atoms with E-state index in [4.69, 9.17) is 5.14 Å². The number of anilines is 1. The summed E-state index contributed by atoms with van der Waals surface area (Å²) in [7, 11) is -2.22. The molecule has 0 saturated heterocycles. The van der Waals surface area contributed by atoms with Crippen molar-refractivity contribution in [1.82, 2.24) is 0 Å². The predicted octanol–water partition coefficient (Wildman–Crippen LogP) is 0.635. The number of hydrogen-bond donors (Lipinski definition) is 1. The van der Waals surface area contributed by atoms with Crippen molar-refractivity contribution in [1.29, 1.82) is 0 Å². The lowest BCUT2D eigenvalue weighted by Crippen LogP contribution is -2.32. The van der Waals surface area contributed by atoms with Crippen LogP contribution in [0.15, 0.2) is 24.3 Å². The Bertz CT molecular complexity index is 383. The van der Waals surface area contributed by atoms with E-state index in [-0.39, 0.29) is 0 Å². The van der Waals surface area contributed by atoms with Gasteiger partial charge in [-0.2, -0.15) is 8.42 Å². The molecule has 0 saturated carbocycles. The molecular formula is C8H12N2O2S. The molecule has 0 unspecified atom stereocenters. The average Bonchev–Trinajstić information content (AvgIpc) is 2.03. The van der Waals surface area contributed by atoms with E-state index in [1.165, 1.54) is 7.05 Å². The van der Waals surface area contributed by atoms with Crippen molar-refractivity contribution in [3.05, 3.63) is 29.8 Å². The van der Waals surface area contributed by atoms with Crippen LogP contribution in [-0.2, 0) is 10.2 Å². The Labute approximate surface area is 78.2 Å². The van der Waals surface area contributed by atoms with E-state index in [2.05, 4.69) is 0 Å². The number of nitrogens with zero attached hydrogens (tertiary/aromatic N) is 1. The first kappa shape index (κ1) is 10.0. The molecule has 72 valence electrons. The van der Waals surface area contributed by atoms with E-state index in [9.17, 15) is 8.42 Å². The third-order valence-electron chi connectivity index (χ3n) is 1.78. The van der Waals surface area contributed by atoms with E-state index in [0.717, 1.165) is 9.87 Å². The summed E-state index contributed by atoms with van der Waals surface area (Å²) in [6, 6.07) is 7.08. The van der Waals surface area contributed by atoms with Gasteiger partial charge in [0.15, 0.2) is 0 Å². The maximum Gasteiger partial charge on any atom is 0.298 e. The summed E-state index contributed by atoms with van der Waals surface area (Å²) in [5.41, 5.74) is 1.64. The molecule has 0 aliphatic heterocycles. The van der Waals surface area contributed by atoms with Gasteiger partial charge in [-0.1, -0.05) is 17.7 Å². The highest BCUT2D eigenvalue weighted by Gasteiger charge is 2.11. The molecule has 0 aliphatic rings. The lowest BCUT2D eigenvalue weighted by atomic mass is 10.2. The standard InChI is InChI=1S/C8H12N2O2S/c1-7-3-5-8(6-4-7)10(2)13(9,11)12/h3-6H,1-2H3,(H2,9,11,12). The van der Waals surface area contributed by atoms with Crippen molar-refractivity contribution in [2.24, 2.45) is 5.14 Å². The van der Waals surface area contributed by atoms with Gasteiger partial charge in [0.25, 0.3) is 10.2 Å². The Kier molecular flexibility index (Phi) is 2.58. The highest BCUT2D eigenvalue weighted by molar-refractivity contribution is 7.90. The number of nitrogens with two attached hydrogens (primary N) is 1. The van der Waals surface area contributed by atoms with Gasteiger partial charge in [0, 0.05) is 7.05 Å². The van der Waals surface area contributed by atoms with Crippen molar-refractivity contribution < 1.29 is 8.42 Å². The van der Waals surface area contributed by atoms with Gasteiger partial charge < -0.3 is 0 Å². The summed E-state index contributed by atoms with van der Waals surface area (Å²) < 4.78 is 22.9. The zero-order valence-corrected chi connectivity index (χ0v) is 8.38. The largest absolute Gasteiger partial charge is 0.298 e. The molecular weight excluding hydrogens is 188 g/mol. The highest BCUT2D eigenvalue weighted by Crippen LogP contribution is 2.14. The van der Waals surface area contributed by atoms with E-state index < -0.39 is 10.2 Å². The molecule has 1 aromatic rings. The van der Waals surface area contributed by atoms with Crippen LogP contribution >= 0.6 is 0 Å². The summed E-state index contributed by atoms with van der Waals surface area (Å²) in [6.07, 6.45) is 0. The van der Waals surface area contributed by atoms with Crippen molar-refractivity contribution in [2.75, 3.05) is 11.4 Å². The zero-order valence-electron chi connectivity index (χ0n) is 7.56.